The van der Waals surface area contributed by atoms with E-state index in [9.17, 15) is 13.6 Å². The molecule has 1 aromatic heterocycles. The summed E-state index contributed by atoms with van der Waals surface area (Å²) in [6.45, 7) is -0.663. The lowest BCUT2D eigenvalue weighted by atomic mass is 10.1. The number of hydrogen-bond acceptors (Lipinski definition) is 2. The molecule has 0 saturated carbocycles. The van der Waals surface area contributed by atoms with Crippen molar-refractivity contribution in [2.75, 3.05) is 13.2 Å². The number of para-hydroxylation sites is 1. The molecule has 1 aromatic carbocycles. The lowest BCUT2D eigenvalue weighted by Crippen LogP contribution is -2.09. The van der Waals surface area contributed by atoms with Gasteiger partial charge in [0, 0.05) is 23.6 Å². The van der Waals surface area contributed by atoms with Crippen LogP contribution < -0.4 is 0 Å². The first-order chi connectivity index (χ1) is 9.09. The predicted molar refractivity (Wildman–Crippen MR) is 69.1 cm³/mol. The van der Waals surface area contributed by atoms with Gasteiger partial charge in [-0.15, -0.1) is 0 Å². The molecule has 19 heavy (non-hydrogen) atoms. The van der Waals surface area contributed by atoms with Crippen molar-refractivity contribution in [1.29, 1.82) is 0 Å². The molecule has 0 saturated heterocycles. The molecule has 0 aliphatic heterocycles. The quantitative estimate of drug-likeness (QED) is 0.650. The topological polar surface area (TPSA) is 42.1 Å². The molecule has 6 heteroatoms. The van der Waals surface area contributed by atoms with Crippen LogP contribution in [0.5, 0.6) is 0 Å². The highest BCUT2D eigenvalue weighted by Crippen LogP contribution is 2.25. The van der Waals surface area contributed by atoms with Crippen molar-refractivity contribution in [3.05, 3.63) is 35.0 Å². The molecule has 2 aromatic rings. The molecule has 0 bridgehead atoms. The van der Waals surface area contributed by atoms with E-state index < -0.39 is 13.0 Å². The van der Waals surface area contributed by atoms with E-state index in [0.717, 1.165) is 5.39 Å². The Morgan fingerprint density at radius 2 is 2.21 bits per heavy atom. The number of fused-ring (bicyclic) bond motifs is 1. The first-order valence-electron chi connectivity index (χ1n) is 5.74. The normalized spacial score (nSPS) is 11.4. The summed E-state index contributed by atoms with van der Waals surface area (Å²) in [6, 6.07) is 5.26. The lowest BCUT2D eigenvalue weighted by molar-refractivity contribution is 0.0170. The molecule has 0 aliphatic carbocycles. The number of benzene rings is 1. The minimum atomic E-state index is -2.51. The van der Waals surface area contributed by atoms with E-state index in [1.807, 2.05) is 0 Å². The number of aromatic nitrogens is 1. The zero-order valence-electron chi connectivity index (χ0n) is 9.96. The number of ether oxygens (including phenoxy) is 1. The Labute approximate surface area is 113 Å². The van der Waals surface area contributed by atoms with Crippen molar-refractivity contribution in [2.45, 2.75) is 12.8 Å². The molecule has 1 N–H and O–H groups in total. The Morgan fingerprint density at radius 1 is 1.42 bits per heavy atom. The molecule has 0 amide bonds. The van der Waals surface area contributed by atoms with Gasteiger partial charge in [-0.1, -0.05) is 23.7 Å². The number of carbonyl (C=O) groups is 1. The Hall–Kier alpha value is -1.46. The van der Waals surface area contributed by atoms with Crippen LogP contribution in [0.1, 0.15) is 16.8 Å². The third-order valence-electron chi connectivity index (χ3n) is 2.68. The third-order valence-corrected chi connectivity index (χ3v) is 3.00. The third kappa shape index (κ3) is 3.30. The number of Topliss-reactive ketones (excluding diaryl/α,β-unsaturated/α-hetero) is 1. The summed E-state index contributed by atoms with van der Waals surface area (Å²) in [4.78, 5) is 14.9. The van der Waals surface area contributed by atoms with E-state index >= 15 is 0 Å². The summed E-state index contributed by atoms with van der Waals surface area (Å²) < 4.78 is 28.4. The summed E-state index contributed by atoms with van der Waals surface area (Å²) in [5, 5.41) is 1.26. The van der Waals surface area contributed by atoms with Crippen molar-refractivity contribution >= 4 is 28.3 Å². The molecule has 0 aliphatic rings. The number of aromatic amines is 1. The van der Waals surface area contributed by atoms with Gasteiger partial charge in [-0.2, -0.15) is 0 Å². The number of hydrogen-bond donors (Lipinski definition) is 1. The lowest BCUT2D eigenvalue weighted by Gasteiger charge is -2.02. The Balaban J connectivity index is 2.04. The molecular weight excluding hydrogens is 276 g/mol. The average Bonchev–Trinajstić information content (AvgIpc) is 2.79. The number of halogens is 3. The van der Waals surface area contributed by atoms with Crippen LogP contribution in [0.3, 0.4) is 0 Å². The highest BCUT2D eigenvalue weighted by molar-refractivity contribution is 6.35. The molecule has 0 spiro atoms. The van der Waals surface area contributed by atoms with Gasteiger partial charge in [-0.05, 0) is 6.07 Å². The molecular formula is C13H12ClF2NO2. The zero-order valence-corrected chi connectivity index (χ0v) is 10.7. The summed E-state index contributed by atoms with van der Waals surface area (Å²) in [5.74, 6) is -0.164. The molecule has 102 valence electrons. The number of ketones is 1. The van der Waals surface area contributed by atoms with Crippen LogP contribution in [0, 0.1) is 0 Å². The van der Waals surface area contributed by atoms with E-state index in [0.29, 0.717) is 16.1 Å². The van der Waals surface area contributed by atoms with E-state index in [2.05, 4.69) is 4.98 Å². The Morgan fingerprint density at radius 3 is 2.95 bits per heavy atom. The van der Waals surface area contributed by atoms with Crippen molar-refractivity contribution in [1.82, 2.24) is 4.98 Å². The minimum Gasteiger partial charge on any atom is -0.375 e. The fourth-order valence-corrected chi connectivity index (χ4v) is 2.05. The van der Waals surface area contributed by atoms with Crippen LogP contribution in [0.4, 0.5) is 8.78 Å². The van der Waals surface area contributed by atoms with Gasteiger partial charge in [-0.25, -0.2) is 8.78 Å². The van der Waals surface area contributed by atoms with Crippen molar-refractivity contribution in [3.63, 3.8) is 0 Å². The molecule has 0 unspecified atom stereocenters. The first kappa shape index (κ1) is 14.0. The Bertz CT molecular complexity index is 583. The van der Waals surface area contributed by atoms with Crippen LogP contribution in [-0.4, -0.2) is 30.4 Å². The van der Waals surface area contributed by atoms with Gasteiger partial charge in [0.2, 0.25) is 0 Å². The van der Waals surface area contributed by atoms with Crippen LogP contribution in [-0.2, 0) is 4.74 Å². The summed E-state index contributed by atoms with van der Waals surface area (Å²) in [5.41, 5.74) is 1.19. The highest BCUT2D eigenvalue weighted by Gasteiger charge is 2.13. The molecule has 0 fully saturated rings. The average molecular weight is 288 g/mol. The summed E-state index contributed by atoms with van der Waals surface area (Å²) in [7, 11) is 0. The standard InChI is InChI=1S/C13H12ClF2NO2/c14-10-3-1-2-8-9(6-17-13(8)10)11(18)4-5-19-7-12(15)16/h1-3,6,12,17H,4-5,7H2. The Kier molecular flexibility index (Phi) is 4.50. The minimum absolute atomic E-state index is 0.0174. The maximum atomic E-state index is 11.9. The molecule has 1 heterocycles. The fraction of sp³-hybridized carbons (Fsp3) is 0.308. The van der Waals surface area contributed by atoms with E-state index in [1.54, 1.807) is 24.4 Å². The predicted octanol–water partition coefficient (Wildman–Crippen LogP) is 3.68. The number of rotatable bonds is 6. The largest absolute Gasteiger partial charge is 0.375 e. The number of H-pyrrole nitrogens is 1. The highest BCUT2D eigenvalue weighted by atomic mass is 35.5. The van der Waals surface area contributed by atoms with E-state index in [1.165, 1.54) is 0 Å². The number of alkyl halides is 2. The van der Waals surface area contributed by atoms with Gasteiger partial charge < -0.3 is 9.72 Å². The van der Waals surface area contributed by atoms with Gasteiger partial charge in [0.15, 0.2) is 5.78 Å². The monoisotopic (exact) mass is 287 g/mol. The molecule has 0 radical (unpaired) electrons. The fourth-order valence-electron chi connectivity index (χ4n) is 1.82. The van der Waals surface area contributed by atoms with Crippen LogP contribution in [0.25, 0.3) is 10.9 Å². The maximum Gasteiger partial charge on any atom is 0.261 e. The van der Waals surface area contributed by atoms with Gasteiger partial charge in [0.05, 0.1) is 17.1 Å². The van der Waals surface area contributed by atoms with Crippen molar-refractivity contribution in [2.24, 2.45) is 0 Å². The number of carbonyl (C=O) groups excluding carboxylic acids is 1. The smallest absolute Gasteiger partial charge is 0.261 e. The van der Waals surface area contributed by atoms with Gasteiger partial charge >= 0.3 is 0 Å². The van der Waals surface area contributed by atoms with Gasteiger partial charge in [-0.3, -0.25) is 4.79 Å². The van der Waals surface area contributed by atoms with Gasteiger partial charge in [0.25, 0.3) is 6.43 Å². The first-order valence-corrected chi connectivity index (χ1v) is 6.12. The van der Waals surface area contributed by atoms with Crippen molar-refractivity contribution in [3.8, 4) is 0 Å². The second-order valence-electron chi connectivity index (χ2n) is 4.00. The maximum absolute atomic E-state index is 11.9. The number of nitrogens with one attached hydrogen (secondary N) is 1. The summed E-state index contributed by atoms with van der Waals surface area (Å²) in [6.07, 6.45) is -0.875. The zero-order chi connectivity index (χ0) is 13.8. The molecule has 3 nitrogen and oxygen atoms in total. The molecule has 2 rings (SSSR count). The van der Waals surface area contributed by atoms with Crippen LogP contribution >= 0.6 is 11.6 Å². The van der Waals surface area contributed by atoms with Crippen molar-refractivity contribution < 1.29 is 18.3 Å². The SMILES string of the molecule is O=C(CCOCC(F)F)c1c[nH]c2c(Cl)cccc12. The van der Waals surface area contributed by atoms with Gasteiger partial charge in [0.1, 0.15) is 6.61 Å². The molecule has 0 atom stereocenters. The second kappa shape index (κ2) is 6.12. The van der Waals surface area contributed by atoms with E-state index in [-0.39, 0.29) is 18.8 Å². The van der Waals surface area contributed by atoms with E-state index in [4.69, 9.17) is 16.3 Å². The summed E-state index contributed by atoms with van der Waals surface area (Å²) >= 11 is 5.99. The second-order valence-corrected chi connectivity index (χ2v) is 4.41. The van der Waals surface area contributed by atoms with Crippen LogP contribution in [0.15, 0.2) is 24.4 Å². The van der Waals surface area contributed by atoms with Crippen LogP contribution in [0.2, 0.25) is 5.02 Å².